The largest absolute Gasteiger partial charge is 0.324 e. The van der Waals surface area contributed by atoms with Crippen LogP contribution in [-0.4, -0.2) is 13.3 Å². The predicted octanol–water partition coefficient (Wildman–Crippen LogP) is 4.02. The van der Waals surface area contributed by atoms with E-state index in [4.69, 9.17) is 0 Å². The molecule has 0 fully saturated rings. The Morgan fingerprint density at radius 3 is 2.50 bits per heavy atom. The Balaban J connectivity index is 3.11. The van der Waals surface area contributed by atoms with Crippen LogP contribution in [0.1, 0.15) is 11.1 Å². The van der Waals surface area contributed by atoms with Crippen molar-refractivity contribution in [3.8, 4) is 0 Å². The van der Waals surface area contributed by atoms with Crippen molar-refractivity contribution in [1.29, 1.82) is 0 Å². The predicted molar refractivity (Wildman–Crippen MR) is 62.0 cm³/mol. The zero-order chi connectivity index (χ0) is 10.9. The molecule has 0 radical (unpaired) electrons. The molecule has 1 aromatic rings. The maximum absolute atomic E-state index is 13.4. The second kappa shape index (κ2) is 4.16. The van der Waals surface area contributed by atoms with Crippen molar-refractivity contribution in [3.63, 3.8) is 0 Å². The Kier molecular flexibility index (Phi) is 3.54. The third kappa shape index (κ3) is 3.21. The molecule has 4 heteroatoms. The Labute approximate surface area is 92.2 Å². The van der Waals surface area contributed by atoms with Gasteiger partial charge in [0.2, 0.25) is 0 Å². The molecule has 0 aliphatic carbocycles. The third-order valence-corrected chi connectivity index (χ3v) is 3.84. The number of hydrogen-bond donors (Lipinski definition) is 0. The maximum Gasteiger partial charge on any atom is 0.128 e. The molecule has 0 amide bonds. The number of aryl methyl sites for hydroxylation is 1. The Morgan fingerprint density at radius 1 is 1.43 bits per heavy atom. The second-order valence-electron chi connectivity index (χ2n) is 3.92. The molecule has 0 aromatic heterocycles. The molecule has 14 heavy (non-hydrogen) atoms. The van der Waals surface area contributed by atoms with Crippen LogP contribution in [0.2, 0.25) is 0 Å². The van der Waals surface area contributed by atoms with E-state index in [2.05, 4.69) is 15.9 Å². The summed E-state index contributed by atoms with van der Waals surface area (Å²) in [6.45, 7) is 5.23. The first-order valence-electron chi connectivity index (χ1n) is 4.28. The summed E-state index contributed by atoms with van der Waals surface area (Å²) in [7, 11) is -2.20. The molecule has 1 rings (SSSR count). The molecular formula is C10H13BrFOP. The fraction of sp³-hybridized carbons (Fsp3) is 0.400. The van der Waals surface area contributed by atoms with Gasteiger partial charge in [-0.25, -0.2) is 4.39 Å². The van der Waals surface area contributed by atoms with Crippen molar-refractivity contribution in [2.45, 2.75) is 13.1 Å². The Hall–Kier alpha value is -0.140. The molecule has 0 atom stereocenters. The molecule has 0 heterocycles. The molecule has 0 saturated carbocycles. The number of hydrogen-bond acceptors (Lipinski definition) is 1. The van der Waals surface area contributed by atoms with Crippen LogP contribution in [0.5, 0.6) is 0 Å². The summed E-state index contributed by atoms with van der Waals surface area (Å²) in [5.74, 6) is -0.286. The van der Waals surface area contributed by atoms with E-state index in [1.54, 1.807) is 19.4 Å². The lowest BCUT2D eigenvalue weighted by atomic mass is 10.1. The molecule has 0 aliphatic heterocycles. The lowest BCUT2D eigenvalue weighted by Crippen LogP contribution is -1.93. The molecule has 0 bridgehead atoms. The van der Waals surface area contributed by atoms with Crippen LogP contribution in [0.15, 0.2) is 16.6 Å². The molecular weight excluding hydrogens is 266 g/mol. The van der Waals surface area contributed by atoms with Gasteiger partial charge in [0.25, 0.3) is 0 Å². The summed E-state index contributed by atoms with van der Waals surface area (Å²) in [4.78, 5) is 0. The lowest BCUT2D eigenvalue weighted by molar-refractivity contribution is 0.577. The van der Waals surface area contributed by atoms with Crippen molar-refractivity contribution in [2.75, 3.05) is 13.3 Å². The van der Waals surface area contributed by atoms with Gasteiger partial charge in [0.1, 0.15) is 5.82 Å². The highest BCUT2D eigenvalue weighted by Gasteiger charge is 2.13. The summed E-state index contributed by atoms with van der Waals surface area (Å²) < 4.78 is 25.7. The van der Waals surface area contributed by atoms with Gasteiger partial charge in [-0.15, -0.1) is 0 Å². The first-order valence-corrected chi connectivity index (χ1v) is 7.86. The topological polar surface area (TPSA) is 17.1 Å². The number of halogens is 2. The number of benzene rings is 1. The first-order chi connectivity index (χ1) is 6.29. The van der Waals surface area contributed by atoms with E-state index < -0.39 is 7.14 Å². The molecule has 0 spiro atoms. The smallest absolute Gasteiger partial charge is 0.128 e. The highest BCUT2D eigenvalue weighted by atomic mass is 79.9. The third-order valence-electron chi connectivity index (χ3n) is 1.88. The summed E-state index contributed by atoms with van der Waals surface area (Å²) in [5, 5.41) is 0. The zero-order valence-electron chi connectivity index (χ0n) is 8.47. The fourth-order valence-corrected chi connectivity index (χ4v) is 2.63. The summed E-state index contributed by atoms with van der Waals surface area (Å²) >= 11 is 3.25. The average molecular weight is 279 g/mol. The summed E-state index contributed by atoms with van der Waals surface area (Å²) in [6.07, 6.45) is 0.326. The van der Waals surface area contributed by atoms with Gasteiger partial charge in [0, 0.05) is 10.6 Å². The average Bonchev–Trinajstić information content (AvgIpc) is 1.97. The van der Waals surface area contributed by atoms with Crippen LogP contribution in [0.4, 0.5) is 4.39 Å². The van der Waals surface area contributed by atoms with Crippen LogP contribution in [0.25, 0.3) is 0 Å². The number of rotatable bonds is 2. The van der Waals surface area contributed by atoms with Gasteiger partial charge in [-0.3, -0.25) is 0 Å². The van der Waals surface area contributed by atoms with E-state index in [9.17, 15) is 8.96 Å². The van der Waals surface area contributed by atoms with Crippen molar-refractivity contribution in [1.82, 2.24) is 0 Å². The van der Waals surface area contributed by atoms with Crippen LogP contribution in [0, 0.1) is 12.7 Å². The van der Waals surface area contributed by atoms with Gasteiger partial charge in [-0.1, -0.05) is 22.0 Å². The fourth-order valence-electron chi connectivity index (χ4n) is 1.25. The highest BCUT2D eigenvalue weighted by Crippen LogP contribution is 2.41. The van der Waals surface area contributed by atoms with Crippen molar-refractivity contribution < 1.29 is 8.96 Å². The quantitative estimate of drug-likeness (QED) is 0.747. The molecule has 0 N–H and O–H groups in total. The minimum atomic E-state index is -2.20. The summed E-state index contributed by atoms with van der Waals surface area (Å²) in [6, 6.07) is 3.18. The molecule has 0 unspecified atom stereocenters. The van der Waals surface area contributed by atoms with Gasteiger partial charge >= 0.3 is 0 Å². The van der Waals surface area contributed by atoms with Gasteiger partial charge in [0.15, 0.2) is 0 Å². The van der Waals surface area contributed by atoms with Gasteiger partial charge in [-0.2, -0.15) is 0 Å². The van der Waals surface area contributed by atoms with E-state index in [1.807, 2.05) is 6.92 Å². The molecule has 0 saturated heterocycles. The Bertz CT molecular complexity index is 397. The highest BCUT2D eigenvalue weighted by molar-refractivity contribution is 9.10. The van der Waals surface area contributed by atoms with Crippen LogP contribution in [0.3, 0.4) is 0 Å². The van der Waals surface area contributed by atoms with Crippen molar-refractivity contribution >= 4 is 23.1 Å². The standard InChI is InChI=1S/C10H13BrFOP/c1-7-4-8(6-14(2,3)13)10(12)5-9(7)11/h4-5H,6H2,1-3H3. The van der Waals surface area contributed by atoms with E-state index in [0.29, 0.717) is 11.7 Å². The van der Waals surface area contributed by atoms with E-state index >= 15 is 0 Å². The minimum absolute atomic E-state index is 0.286. The lowest BCUT2D eigenvalue weighted by Gasteiger charge is -2.09. The molecule has 0 aliphatic rings. The van der Waals surface area contributed by atoms with Gasteiger partial charge < -0.3 is 4.57 Å². The molecule has 1 aromatic carbocycles. The first kappa shape index (κ1) is 11.9. The van der Waals surface area contributed by atoms with Crippen LogP contribution < -0.4 is 0 Å². The zero-order valence-corrected chi connectivity index (χ0v) is 11.0. The normalized spacial score (nSPS) is 11.8. The summed E-state index contributed by atoms with van der Waals surface area (Å²) in [5.41, 5.74) is 1.51. The van der Waals surface area contributed by atoms with Crippen LogP contribution in [-0.2, 0) is 10.7 Å². The monoisotopic (exact) mass is 278 g/mol. The van der Waals surface area contributed by atoms with Gasteiger partial charge in [-0.05, 0) is 37.4 Å². The van der Waals surface area contributed by atoms with E-state index in [1.165, 1.54) is 6.07 Å². The minimum Gasteiger partial charge on any atom is -0.324 e. The maximum atomic E-state index is 13.4. The van der Waals surface area contributed by atoms with Crippen molar-refractivity contribution in [2.24, 2.45) is 0 Å². The van der Waals surface area contributed by atoms with E-state index in [0.717, 1.165) is 10.0 Å². The second-order valence-corrected chi connectivity index (χ2v) is 8.24. The van der Waals surface area contributed by atoms with E-state index in [-0.39, 0.29) is 5.82 Å². The van der Waals surface area contributed by atoms with Crippen molar-refractivity contribution in [3.05, 3.63) is 33.5 Å². The SMILES string of the molecule is Cc1cc(CP(C)(C)=O)c(F)cc1Br. The molecule has 1 nitrogen and oxygen atoms in total. The van der Waals surface area contributed by atoms with Crippen LogP contribution >= 0.6 is 23.1 Å². The molecule has 78 valence electrons. The van der Waals surface area contributed by atoms with Gasteiger partial charge in [0.05, 0.1) is 7.14 Å². The Morgan fingerprint density at radius 2 is 2.00 bits per heavy atom.